The SMILES string of the molecule is CCOc1cc(S(C)(=O)=O)ccc1Nc1nn(C(=O)OC(C)(C)C)c2cc([C@@H]3C[C@@]34C(=O)N(C(=O)OC(C)(C)C)c3ccc(OC)cc34)ccc12. The fraction of sp³-hybridized carbons (Fsp3) is 0.405. The molecule has 1 aromatic heterocycles. The normalized spacial score (nSPS) is 18.5. The van der Waals surface area contributed by atoms with Crippen molar-refractivity contribution in [2.24, 2.45) is 0 Å². The number of ether oxygens (including phenoxy) is 4. The number of benzene rings is 3. The van der Waals surface area contributed by atoms with E-state index in [0.29, 0.717) is 51.6 Å². The van der Waals surface area contributed by atoms with Gasteiger partial charge in [0.25, 0.3) is 0 Å². The number of rotatable bonds is 7. The van der Waals surface area contributed by atoms with E-state index >= 15 is 0 Å². The molecule has 0 saturated heterocycles. The first-order chi connectivity index (χ1) is 23.8. The summed E-state index contributed by atoms with van der Waals surface area (Å²) in [5.74, 6) is 0.389. The highest BCUT2D eigenvalue weighted by Gasteiger charge is 2.68. The molecule has 6 rings (SSSR count). The Kier molecular flexibility index (Phi) is 8.60. The number of nitrogens with zero attached hydrogens (tertiary/aromatic N) is 3. The molecule has 0 bridgehead atoms. The zero-order valence-electron chi connectivity index (χ0n) is 30.1. The van der Waals surface area contributed by atoms with E-state index in [1.54, 1.807) is 84.9 Å². The van der Waals surface area contributed by atoms with Crippen LogP contribution in [-0.2, 0) is 29.5 Å². The Bertz CT molecular complexity index is 2200. The number of imide groups is 1. The lowest BCUT2D eigenvalue weighted by molar-refractivity contribution is -0.120. The van der Waals surface area contributed by atoms with Gasteiger partial charge in [-0.15, -0.1) is 5.10 Å². The van der Waals surface area contributed by atoms with E-state index in [1.165, 1.54) is 19.2 Å². The predicted molar refractivity (Wildman–Crippen MR) is 191 cm³/mol. The highest BCUT2D eigenvalue weighted by Crippen LogP contribution is 2.67. The topological polar surface area (TPSA) is 155 Å². The third kappa shape index (κ3) is 6.60. The van der Waals surface area contributed by atoms with Crippen LogP contribution in [0, 0.1) is 0 Å². The Morgan fingerprint density at radius 2 is 1.65 bits per heavy atom. The quantitative estimate of drug-likeness (QED) is 0.208. The molecule has 270 valence electrons. The summed E-state index contributed by atoms with van der Waals surface area (Å²) in [6.07, 6.45) is 0.0502. The second-order valence-corrected chi connectivity index (χ2v) is 16.8. The maximum atomic E-state index is 14.3. The minimum Gasteiger partial charge on any atom is -0.497 e. The molecule has 13 nitrogen and oxygen atoms in total. The molecule has 1 aliphatic carbocycles. The van der Waals surface area contributed by atoms with Gasteiger partial charge in [-0.1, -0.05) is 6.07 Å². The Labute approximate surface area is 296 Å². The monoisotopic (exact) mass is 718 g/mol. The molecule has 2 amide bonds. The molecule has 0 radical (unpaired) electrons. The largest absolute Gasteiger partial charge is 0.497 e. The number of methoxy groups -OCH3 is 1. The number of sulfone groups is 1. The van der Waals surface area contributed by atoms with Crippen LogP contribution in [-0.4, -0.2) is 67.5 Å². The number of anilines is 3. The second-order valence-electron chi connectivity index (χ2n) is 14.7. The van der Waals surface area contributed by atoms with Gasteiger partial charge in [-0.3, -0.25) is 4.79 Å². The lowest BCUT2D eigenvalue weighted by atomic mass is 9.91. The molecule has 1 saturated carbocycles. The van der Waals surface area contributed by atoms with Crippen molar-refractivity contribution in [3.05, 3.63) is 65.7 Å². The third-order valence-electron chi connectivity index (χ3n) is 8.65. The van der Waals surface area contributed by atoms with Gasteiger partial charge in [0.1, 0.15) is 22.7 Å². The fourth-order valence-corrected chi connectivity index (χ4v) is 7.07. The Morgan fingerprint density at radius 3 is 2.27 bits per heavy atom. The molecule has 0 unspecified atom stereocenters. The summed E-state index contributed by atoms with van der Waals surface area (Å²) >= 11 is 0. The molecular formula is C37H42N4O9S. The highest BCUT2D eigenvalue weighted by molar-refractivity contribution is 7.90. The third-order valence-corrected chi connectivity index (χ3v) is 9.77. The molecule has 1 fully saturated rings. The second kappa shape index (κ2) is 12.3. The van der Waals surface area contributed by atoms with Crippen molar-refractivity contribution in [2.75, 3.05) is 30.2 Å². The smallest absolute Gasteiger partial charge is 0.435 e. The minimum absolute atomic E-state index is 0.0922. The van der Waals surface area contributed by atoms with Gasteiger partial charge in [-0.25, -0.2) is 22.9 Å². The molecule has 2 aliphatic rings. The average Bonchev–Trinajstić information content (AvgIpc) is 3.61. The highest BCUT2D eigenvalue weighted by atomic mass is 32.2. The standard InChI is InChI=1S/C37H42N4O9S/c1-10-48-30-19-23(51(9,45)46)13-15-27(30)38-31-24-14-11-21(17-29(24)41(39-31)34(44)50-36(5,6)7)26-20-37(26)25-18-22(47-8)12-16-28(25)40(32(37)42)33(43)49-35(2,3)4/h11-19,26H,10,20H2,1-9H3,(H,38,39)/t26-,37-/m0/s1. The van der Waals surface area contributed by atoms with Crippen LogP contribution in [0.1, 0.15) is 71.9 Å². The Hall–Kier alpha value is -5.11. The van der Waals surface area contributed by atoms with Crippen molar-refractivity contribution in [3.63, 3.8) is 0 Å². The molecular weight excluding hydrogens is 676 g/mol. The predicted octanol–water partition coefficient (Wildman–Crippen LogP) is 7.08. The fourth-order valence-electron chi connectivity index (χ4n) is 6.43. The van der Waals surface area contributed by atoms with Gasteiger partial charge >= 0.3 is 12.2 Å². The summed E-state index contributed by atoms with van der Waals surface area (Å²) < 4.78 is 48.2. The van der Waals surface area contributed by atoms with E-state index < -0.39 is 44.5 Å². The molecule has 14 heteroatoms. The van der Waals surface area contributed by atoms with E-state index in [0.717, 1.165) is 21.4 Å². The molecule has 4 aromatic rings. The van der Waals surface area contributed by atoms with Crippen molar-refractivity contribution in [3.8, 4) is 11.5 Å². The van der Waals surface area contributed by atoms with E-state index in [1.807, 2.05) is 6.07 Å². The number of fused-ring (bicyclic) bond motifs is 3. The summed E-state index contributed by atoms with van der Waals surface area (Å²) in [4.78, 5) is 42.4. The van der Waals surface area contributed by atoms with Gasteiger partial charge < -0.3 is 24.3 Å². The number of aromatic nitrogens is 2. The summed E-state index contributed by atoms with van der Waals surface area (Å²) in [7, 11) is -1.96. The summed E-state index contributed by atoms with van der Waals surface area (Å²) in [6, 6.07) is 15.1. The first-order valence-corrected chi connectivity index (χ1v) is 18.4. The molecule has 3 aromatic carbocycles. The van der Waals surface area contributed by atoms with Crippen LogP contribution in [0.25, 0.3) is 10.9 Å². The van der Waals surface area contributed by atoms with Gasteiger partial charge in [-0.05, 0) is 108 Å². The molecule has 1 N–H and O–H groups in total. The van der Waals surface area contributed by atoms with E-state index in [2.05, 4.69) is 10.4 Å². The molecule has 2 atom stereocenters. The number of nitrogens with one attached hydrogen (secondary N) is 1. The number of carbonyl (C=O) groups is 3. The zero-order valence-corrected chi connectivity index (χ0v) is 30.9. The Balaban J connectivity index is 1.44. The first-order valence-electron chi connectivity index (χ1n) is 16.5. The lowest BCUT2D eigenvalue weighted by Crippen LogP contribution is -2.41. The summed E-state index contributed by atoms with van der Waals surface area (Å²) in [5.41, 5.74) is 0.00206. The van der Waals surface area contributed by atoms with Crippen LogP contribution in [0.15, 0.2) is 59.5 Å². The zero-order chi connectivity index (χ0) is 37.3. The first kappa shape index (κ1) is 35.7. The van der Waals surface area contributed by atoms with E-state index in [4.69, 9.17) is 18.9 Å². The van der Waals surface area contributed by atoms with Crippen LogP contribution < -0.4 is 19.7 Å². The van der Waals surface area contributed by atoms with Gasteiger partial charge in [0.15, 0.2) is 15.7 Å². The maximum Gasteiger partial charge on any atom is 0.435 e. The van der Waals surface area contributed by atoms with Crippen LogP contribution in [0.5, 0.6) is 11.5 Å². The summed E-state index contributed by atoms with van der Waals surface area (Å²) in [5, 5.41) is 8.37. The number of hydrogen-bond donors (Lipinski definition) is 1. The van der Waals surface area contributed by atoms with Gasteiger partial charge in [0.2, 0.25) is 5.91 Å². The number of carbonyl (C=O) groups excluding carboxylic acids is 3. The molecule has 1 spiro atoms. The van der Waals surface area contributed by atoms with Crippen molar-refractivity contribution >= 4 is 56.0 Å². The van der Waals surface area contributed by atoms with E-state index in [-0.39, 0.29) is 17.4 Å². The summed E-state index contributed by atoms with van der Waals surface area (Å²) in [6.45, 7) is 12.5. The van der Waals surface area contributed by atoms with Crippen molar-refractivity contribution in [2.45, 2.75) is 82.3 Å². The maximum absolute atomic E-state index is 14.3. The average molecular weight is 719 g/mol. The number of hydrogen-bond acceptors (Lipinski definition) is 11. The van der Waals surface area contributed by atoms with Crippen LogP contribution in [0.4, 0.5) is 26.8 Å². The number of amides is 2. The lowest BCUT2D eigenvalue weighted by Gasteiger charge is -2.24. The van der Waals surface area contributed by atoms with Crippen LogP contribution in [0.2, 0.25) is 0 Å². The molecule has 51 heavy (non-hydrogen) atoms. The van der Waals surface area contributed by atoms with Gasteiger partial charge in [0.05, 0.1) is 40.9 Å². The molecule has 2 heterocycles. The van der Waals surface area contributed by atoms with Gasteiger partial charge in [0, 0.05) is 23.6 Å². The van der Waals surface area contributed by atoms with Gasteiger partial charge in [-0.2, -0.15) is 4.68 Å². The van der Waals surface area contributed by atoms with Crippen molar-refractivity contribution in [1.82, 2.24) is 9.78 Å². The van der Waals surface area contributed by atoms with Crippen LogP contribution >= 0.6 is 0 Å². The van der Waals surface area contributed by atoms with E-state index in [9.17, 15) is 22.8 Å². The molecule has 1 aliphatic heterocycles. The van der Waals surface area contributed by atoms with Crippen molar-refractivity contribution in [1.29, 1.82) is 0 Å². The Morgan fingerprint density at radius 1 is 0.961 bits per heavy atom. The minimum atomic E-state index is -3.50. The van der Waals surface area contributed by atoms with Crippen LogP contribution in [0.3, 0.4) is 0 Å². The van der Waals surface area contributed by atoms with Crippen molar-refractivity contribution < 1.29 is 41.7 Å².